The van der Waals surface area contributed by atoms with Gasteiger partial charge in [0.15, 0.2) is 0 Å². The molecule has 1 heterocycles. The van der Waals surface area contributed by atoms with Crippen molar-refractivity contribution in [3.05, 3.63) is 76.2 Å². The lowest BCUT2D eigenvalue weighted by molar-refractivity contribution is 0.937. The number of nitrogens with one attached hydrogen (secondary N) is 1. The highest BCUT2D eigenvalue weighted by Crippen LogP contribution is 2.40. The standard InChI is InChI=1S/C22H22N2S/c1-3-7-20-21(24-15-17-8-5-4-6-9-17)19(14-23)22(25-20)18-12-10-16(2)11-13-18/h4-6,8-13,24H,3,7,15H2,1-2H3. The number of benzene rings is 2. The van der Waals surface area contributed by atoms with E-state index in [1.807, 2.05) is 18.2 Å². The van der Waals surface area contributed by atoms with Crippen molar-refractivity contribution in [2.75, 3.05) is 5.32 Å². The summed E-state index contributed by atoms with van der Waals surface area (Å²) >= 11 is 1.74. The second-order valence-electron chi connectivity index (χ2n) is 6.17. The first-order chi connectivity index (χ1) is 12.2. The molecule has 3 heteroatoms. The predicted molar refractivity (Wildman–Crippen MR) is 107 cm³/mol. The van der Waals surface area contributed by atoms with Gasteiger partial charge < -0.3 is 5.32 Å². The van der Waals surface area contributed by atoms with Gasteiger partial charge in [0.05, 0.1) is 16.1 Å². The minimum Gasteiger partial charge on any atom is -0.379 e. The van der Waals surface area contributed by atoms with Gasteiger partial charge in [0.2, 0.25) is 0 Å². The van der Waals surface area contributed by atoms with Crippen molar-refractivity contribution in [2.24, 2.45) is 0 Å². The van der Waals surface area contributed by atoms with E-state index in [1.165, 1.54) is 16.0 Å². The SMILES string of the molecule is CCCc1sc(-c2ccc(C)cc2)c(C#N)c1NCc1ccccc1. The van der Waals surface area contributed by atoms with Gasteiger partial charge in [-0.15, -0.1) is 11.3 Å². The van der Waals surface area contributed by atoms with Crippen LogP contribution in [0.25, 0.3) is 10.4 Å². The van der Waals surface area contributed by atoms with Gasteiger partial charge in [-0.05, 0) is 24.5 Å². The molecule has 1 aromatic heterocycles. The molecule has 0 aliphatic carbocycles. The van der Waals surface area contributed by atoms with Crippen LogP contribution < -0.4 is 5.32 Å². The van der Waals surface area contributed by atoms with Crippen LogP contribution in [0.3, 0.4) is 0 Å². The van der Waals surface area contributed by atoms with Gasteiger partial charge >= 0.3 is 0 Å². The molecular formula is C22H22N2S. The number of hydrogen-bond donors (Lipinski definition) is 1. The van der Waals surface area contributed by atoms with Crippen LogP contribution in [0.15, 0.2) is 54.6 Å². The number of aryl methyl sites for hydroxylation is 2. The summed E-state index contributed by atoms with van der Waals surface area (Å²) in [5.41, 5.74) is 5.35. The van der Waals surface area contributed by atoms with Crippen LogP contribution in [-0.2, 0) is 13.0 Å². The van der Waals surface area contributed by atoms with Gasteiger partial charge in [-0.25, -0.2) is 0 Å². The van der Waals surface area contributed by atoms with Crippen LogP contribution in [0.4, 0.5) is 5.69 Å². The van der Waals surface area contributed by atoms with E-state index in [2.05, 4.69) is 61.6 Å². The maximum atomic E-state index is 9.81. The minimum atomic E-state index is 0.732. The van der Waals surface area contributed by atoms with Crippen molar-refractivity contribution in [2.45, 2.75) is 33.2 Å². The first kappa shape index (κ1) is 17.3. The zero-order valence-corrected chi connectivity index (χ0v) is 15.5. The molecular weight excluding hydrogens is 324 g/mol. The average Bonchev–Trinajstić information content (AvgIpc) is 2.99. The fourth-order valence-corrected chi connectivity index (χ4v) is 4.20. The molecule has 0 aliphatic heterocycles. The molecule has 25 heavy (non-hydrogen) atoms. The van der Waals surface area contributed by atoms with E-state index in [-0.39, 0.29) is 0 Å². The molecule has 3 aromatic rings. The molecule has 0 amide bonds. The molecule has 0 atom stereocenters. The van der Waals surface area contributed by atoms with Gasteiger partial charge in [-0.2, -0.15) is 5.26 Å². The second-order valence-corrected chi connectivity index (χ2v) is 7.28. The maximum absolute atomic E-state index is 9.81. The Labute approximate surface area is 153 Å². The summed E-state index contributed by atoms with van der Waals surface area (Å²) in [6.45, 7) is 4.99. The Bertz CT molecular complexity index is 871. The Kier molecular flexibility index (Phi) is 5.53. The summed E-state index contributed by atoms with van der Waals surface area (Å²) in [4.78, 5) is 2.34. The first-order valence-corrected chi connectivity index (χ1v) is 9.45. The van der Waals surface area contributed by atoms with Crippen LogP contribution in [0.5, 0.6) is 0 Å². The Hall–Kier alpha value is -2.57. The van der Waals surface area contributed by atoms with E-state index in [9.17, 15) is 5.26 Å². The lowest BCUT2D eigenvalue weighted by Gasteiger charge is -2.08. The average molecular weight is 346 g/mol. The molecule has 0 radical (unpaired) electrons. The van der Waals surface area contributed by atoms with Gasteiger partial charge in [-0.3, -0.25) is 0 Å². The van der Waals surface area contributed by atoms with Crippen LogP contribution >= 0.6 is 11.3 Å². The number of anilines is 1. The van der Waals surface area contributed by atoms with Crippen LogP contribution in [0.1, 0.15) is 34.9 Å². The smallest absolute Gasteiger partial charge is 0.103 e. The zero-order valence-electron chi connectivity index (χ0n) is 14.7. The van der Waals surface area contributed by atoms with Crippen molar-refractivity contribution < 1.29 is 0 Å². The van der Waals surface area contributed by atoms with E-state index in [4.69, 9.17) is 0 Å². The molecule has 0 bridgehead atoms. The van der Waals surface area contributed by atoms with Crippen LogP contribution in [0, 0.1) is 18.3 Å². The molecule has 0 unspecified atom stereocenters. The second kappa shape index (κ2) is 8.00. The van der Waals surface area contributed by atoms with Crippen LogP contribution in [0.2, 0.25) is 0 Å². The summed E-state index contributed by atoms with van der Waals surface area (Å²) in [5.74, 6) is 0. The van der Waals surface area contributed by atoms with Gasteiger partial charge in [0.1, 0.15) is 6.07 Å². The summed E-state index contributed by atoms with van der Waals surface area (Å²) in [6, 6.07) is 21.2. The molecule has 0 fully saturated rings. The predicted octanol–water partition coefficient (Wildman–Crippen LogP) is 6.16. The number of rotatable bonds is 6. The largest absolute Gasteiger partial charge is 0.379 e. The highest BCUT2D eigenvalue weighted by atomic mass is 32.1. The molecule has 1 N–H and O–H groups in total. The summed E-state index contributed by atoms with van der Waals surface area (Å²) < 4.78 is 0. The van der Waals surface area contributed by atoms with Crippen molar-refractivity contribution >= 4 is 17.0 Å². The van der Waals surface area contributed by atoms with Gasteiger partial charge in [0.25, 0.3) is 0 Å². The number of nitriles is 1. The summed E-state index contributed by atoms with van der Waals surface area (Å²) in [6.07, 6.45) is 2.06. The number of thiophene rings is 1. The van der Waals surface area contributed by atoms with Gasteiger partial charge in [0, 0.05) is 11.4 Å². The third-order valence-corrected chi connectivity index (χ3v) is 5.49. The Morgan fingerprint density at radius 1 is 1.04 bits per heavy atom. The Morgan fingerprint density at radius 2 is 1.76 bits per heavy atom. The van der Waals surface area contributed by atoms with Crippen molar-refractivity contribution in [3.8, 4) is 16.5 Å². The molecule has 0 spiro atoms. The third-order valence-electron chi connectivity index (χ3n) is 4.20. The van der Waals surface area contributed by atoms with Crippen LogP contribution in [-0.4, -0.2) is 0 Å². The lowest BCUT2D eigenvalue weighted by atomic mass is 10.1. The Balaban J connectivity index is 1.97. The topological polar surface area (TPSA) is 35.8 Å². The molecule has 0 saturated carbocycles. The van der Waals surface area contributed by atoms with E-state index >= 15 is 0 Å². The zero-order chi connectivity index (χ0) is 17.6. The van der Waals surface area contributed by atoms with Gasteiger partial charge in [-0.1, -0.05) is 73.5 Å². The summed E-state index contributed by atoms with van der Waals surface area (Å²) in [5, 5.41) is 13.3. The lowest BCUT2D eigenvalue weighted by Crippen LogP contribution is -2.02. The Morgan fingerprint density at radius 3 is 2.40 bits per heavy atom. The molecule has 2 aromatic carbocycles. The number of hydrogen-bond acceptors (Lipinski definition) is 3. The maximum Gasteiger partial charge on any atom is 0.103 e. The summed E-state index contributed by atoms with van der Waals surface area (Å²) in [7, 11) is 0. The fourth-order valence-electron chi connectivity index (χ4n) is 2.87. The van der Waals surface area contributed by atoms with E-state index in [0.29, 0.717) is 0 Å². The minimum absolute atomic E-state index is 0.732. The van der Waals surface area contributed by atoms with Crippen molar-refractivity contribution in [1.29, 1.82) is 5.26 Å². The first-order valence-electron chi connectivity index (χ1n) is 8.63. The molecule has 0 aliphatic rings. The molecule has 3 rings (SSSR count). The van der Waals surface area contributed by atoms with E-state index in [1.54, 1.807) is 11.3 Å². The van der Waals surface area contributed by atoms with E-state index in [0.717, 1.165) is 41.1 Å². The highest BCUT2D eigenvalue weighted by Gasteiger charge is 2.18. The molecule has 126 valence electrons. The molecule has 0 saturated heterocycles. The highest BCUT2D eigenvalue weighted by molar-refractivity contribution is 7.16. The monoisotopic (exact) mass is 346 g/mol. The normalized spacial score (nSPS) is 10.4. The quantitative estimate of drug-likeness (QED) is 0.580. The van der Waals surface area contributed by atoms with Crippen molar-refractivity contribution in [1.82, 2.24) is 0 Å². The molecule has 2 nitrogen and oxygen atoms in total. The fraction of sp³-hybridized carbons (Fsp3) is 0.227. The number of nitrogens with zero attached hydrogens (tertiary/aromatic N) is 1. The third kappa shape index (κ3) is 3.92. The van der Waals surface area contributed by atoms with Crippen molar-refractivity contribution in [3.63, 3.8) is 0 Å². The van der Waals surface area contributed by atoms with E-state index < -0.39 is 0 Å².